The largest absolute Gasteiger partial charge is 0.328 e. The molecule has 0 saturated carbocycles. The number of nitrogens with zero attached hydrogens (tertiary/aromatic N) is 4. The molecule has 2 aromatic carbocycles. The Hall–Kier alpha value is -3.75. The van der Waals surface area contributed by atoms with Gasteiger partial charge in [0.25, 0.3) is 5.91 Å². The summed E-state index contributed by atoms with van der Waals surface area (Å²) < 4.78 is 15.0. The number of nitrogens with one attached hydrogen (secondary N) is 2. The number of carbonyl (C=O) groups is 1. The highest BCUT2D eigenvalue weighted by Crippen LogP contribution is 2.38. The minimum absolute atomic E-state index is 0.335. The zero-order chi connectivity index (χ0) is 23.8. The number of anilines is 2. The molecule has 1 aliphatic heterocycles. The summed E-state index contributed by atoms with van der Waals surface area (Å²) in [5.41, 5.74) is 2.91. The second-order valence-corrected chi connectivity index (χ2v) is 8.46. The minimum Gasteiger partial charge on any atom is -0.328 e. The lowest BCUT2D eigenvalue weighted by atomic mass is 9.95. The first-order valence-electron chi connectivity index (χ1n) is 10.3. The quantitative estimate of drug-likeness (QED) is 0.379. The van der Waals surface area contributed by atoms with Crippen molar-refractivity contribution in [2.24, 2.45) is 0 Å². The summed E-state index contributed by atoms with van der Waals surface area (Å²) in [5, 5.41) is 11.4. The average Bonchev–Trinajstić information content (AvgIpc) is 3.24. The number of halogens is 3. The summed E-state index contributed by atoms with van der Waals surface area (Å²) in [7, 11) is 0. The normalized spacial score (nSPS) is 15.0. The number of rotatable bonds is 4. The van der Waals surface area contributed by atoms with Gasteiger partial charge in [0.1, 0.15) is 11.9 Å². The molecule has 0 radical (unpaired) electrons. The summed E-state index contributed by atoms with van der Waals surface area (Å²) in [6.07, 6.45) is 3.19. The summed E-state index contributed by atoms with van der Waals surface area (Å²) >= 11 is 12.5. The maximum absolute atomic E-state index is 13.4. The van der Waals surface area contributed by atoms with E-state index in [1.807, 2.05) is 0 Å². The van der Waals surface area contributed by atoms with Gasteiger partial charge in [0.2, 0.25) is 5.95 Å². The molecule has 1 unspecified atom stereocenters. The molecule has 7 nitrogen and oxygen atoms in total. The number of benzene rings is 2. The van der Waals surface area contributed by atoms with Crippen LogP contribution in [0.25, 0.3) is 11.4 Å². The Morgan fingerprint density at radius 1 is 1.12 bits per heavy atom. The van der Waals surface area contributed by atoms with Gasteiger partial charge >= 0.3 is 0 Å². The standard InChI is InChI=1S/C24H17Cl2FN6O/c1-13-20(23(34)30-17-3-2-10-28-12-17)21(15-6-9-18(25)19(26)11-15)33-24(29-13)31-22(32-33)14-4-7-16(27)8-5-14/h2-12,21H,1H3,(H,30,34)(H,29,31,32). The van der Waals surface area contributed by atoms with E-state index in [4.69, 9.17) is 23.2 Å². The number of hydrogen-bond acceptors (Lipinski definition) is 5. The van der Waals surface area contributed by atoms with Crippen molar-refractivity contribution in [3.05, 3.63) is 99.7 Å². The zero-order valence-corrected chi connectivity index (χ0v) is 19.3. The van der Waals surface area contributed by atoms with E-state index in [0.29, 0.717) is 49.9 Å². The van der Waals surface area contributed by atoms with Gasteiger partial charge < -0.3 is 10.6 Å². The Balaban J connectivity index is 1.62. The van der Waals surface area contributed by atoms with Crippen molar-refractivity contribution < 1.29 is 9.18 Å². The number of pyridine rings is 1. The highest BCUT2D eigenvalue weighted by atomic mass is 35.5. The van der Waals surface area contributed by atoms with Crippen LogP contribution >= 0.6 is 23.2 Å². The van der Waals surface area contributed by atoms with Crippen LogP contribution in [0.15, 0.2) is 78.3 Å². The topological polar surface area (TPSA) is 84.7 Å². The molecule has 0 saturated heterocycles. The maximum atomic E-state index is 13.4. The summed E-state index contributed by atoms with van der Waals surface area (Å²) in [6, 6.07) is 13.9. The molecule has 0 bridgehead atoms. The molecule has 4 aromatic rings. The first-order chi connectivity index (χ1) is 16.4. The molecule has 170 valence electrons. The lowest BCUT2D eigenvalue weighted by molar-refractivity contribution is -0.113. The summed E-state index contributed by atoms with van der Waals surface area (Å²) in [4.78, 5) is 22.1. The first-order valence-corrected chi connectivity index (χ1v) is 11.0. The van der Waals surface area contributed by atoms with Gasteiger partial charge in [0.15, 0.2) is 5.82 Å². The second-order valence-electron chi connectivity index (χ2n) is 7.65. The Morgan fingerprint density at radius 3 is 2.62 bits per heavy atom. The van der Waals surface area contributed by atoms with Crippen LogP contribution in [0, 0.1) is 5.82 Å². The Bertz CT molecular complexity index is 1420. The molecule has 10 heteroatoms. The van der Waals surface area contributed by atoms with Gasteiger partial charge in [-0.25, -0.2) is 9.07 Å². The monoisotopic (exact) mass is 494 g/mol. The number of carbonyl (C=O) groups excluding carboxylic acids is 1. The highest BCUT2D eigenvalue weighted by Gasteiger charge is 2.34. The van der Waals surface area contributed by atoms with E-state index in [2.05, 4.69) is 25.7 Å². The predicted octanol–water partition coefficient (Wildman–Crippen LogP) is 5.71. The molecule has 0 aliphatic carbocycles. The number of hydrogen-bond donors (Lipinski definition) is 2. The van der Waals surface area contributed by atoms with E-state index in [0.717, 1.165) is 0 Å². The maximum Gasteiger partial charge on any atom is 0.255 e. The van der Waals surface area contributed by atoms with Gasteiger partial charge in [-0.1, -0.05) is 29.3 Å². The van der Waals surface area contributed by atoms with Crippen molar-refractivity contribution in [3.8, 4) is 11.4 Å². The van der Waals surface area contributed by atoms with Crippen LogP contribution in [0.2, 0.25) is 10.0 Å². The predicted molar refractivity (Wildman–Crippen MR) is 129 cm³/mol. The van der Waals surface area contributed by atoms with Crippen molar-refractivity contribution in [3.63, 3.8) is 0 Å². The fraction of sp³-hybridized carbons (Fsp3) is 0.0833. The fourth-order valence-corrected chi connectivity index (χ4v) is 4.10. The number of allylic oxidation sites excluding steroid dienone is 1. The van der Waals surface area contributed by atoms with E-state index >= 15 is 0 Å². The minimum atomic E-state index is -0.649. The van der Waals surface area contributed by atoms with Crippen molar-refractivity contribution in [1.82, 2.24) is 19.7 Å². The Kier molecular flexibility index (Phi) is 5.77. The Labute approximate surface area is 204 Å². The lowest BCUT2D eigenvalue weighted by Crippen LogP contribution is -2.31. The molecule has 34 heavy (non-hydrogen) atoms. The molecule has 2 aromatic heterocycles. The van der Waals surface area contributed by atoms with Crippen molar-refractivity contribution >= 4 is 40.7 Å². The van der Waals surface area contributed by atoms with Crippen LogP contribution in [0.3, 0.4) is 0 Å². The Morgan fingerprint density at radius 2 is 1.91 bits per heavy atom. The lowest BCUT2D eigenvalue weighted by Gasteiger charge is -2.28. The molecular weight excluding hydrogens is 478 g/mol. The fourth-order valence-electron chi connectivity index (χ4n) is 3.79. The van der Waals surface area contributed by atoms with Gasteiger partial charge in [-0.2, -0.15) is 4.98 Å². The van der Waals surface area contributed by atoms with E-state index in [1.54, 1.807) is 66.5 Å². The van der Waals surface area contributed by atoms with Crippen LogP contribution in [0.5, 0.6) is 0 Å². The van der Waals surface area contributed by atoms with Gasteiger partial charge in [0, 0.05) is 17.5 Å². The second kappa shape index (κ2) is 8.89. The van der Waals surface area contributed by atoms with Crippen LogP contribution in [0.1, 0.15) is 18.5 Å². The van der Waals surface area contributed by atoms with E-state index in [9.17, 15) is 9.18 Å². The molecule has 3 heterocycles. The van der Waals surface area contributed by atoms with Crippen molar-refractivity contribution in [2.75, 3.05) is 10.6 Å². The van der Waals surface area contributed by atoms with Gasteiger partial charge in [-0.15, -0.1) is 5.10 Å². The van der Waals surface area contributed by atoms with Gasteiger partial charge in [-0.3, -0.25) is 9.78 Å². The molecule has 1 aliphatic rings. The zero-order valence-electron chi connectivity index (χ0n) is 17.8. The third-order valence-corrected chi connectivity index (χ3v) is 6.12. The smallest absolute Gasteiger partial charge is 0.255 e. The van der Waals surface area contributed by atoms with Gasteiger partial charge in [-0.05, 0) is 61.0 Å². The molecular formula is C24H17Cl2FN6O. The first kappa shape index (κ1) is 22.1. The van der Waals surface area contributed by atoms with Gasteiger partial charge in [0.05, 0.1) is 27.5 Å². The van der Waals surface area contributed by atoms with Crippen molar-refractivity contribution in [2.45, 2.75) is 13.0 Å². The molecule has 2 N–H and O–H groups in total. The third kappa shape index (κ3) is 4.13. The molecule has 5 rings (SSSR count). The molecule has 0 spiro atoms. The summed E-state index contributed by atoms with van der Waals surface area (Å²) in [5.74, 6) is 0.130. The SMILES string of the molecule is CC1=C(C(=O)Nc2cccnc2)C(c2ccc(Cl)c(Cl)c2)n2nc(-c3ccc(F)cc3)nc2N1. The van der Waals surface area contributed by atoms with Crippen LogP contribution in [-0.4, -0.2) is 25.7 Å². The number of amides is 1. The van der Waals surface area contributed by atoms with Crippen LogP contribution in [0.4, 0.5) is 16.0 Å². The van der Waals surface area contributed by atoms with E-state index < -0.39 is 6.04 Å². The van der Waals surface area contributed by atoms with Crippen LogP contribution in [-0.2, 0) is 4.79 Å². The number of fused-ring (bicyclic) bond motifs is 1. The van der Waals surface area contributed by atoms with Crippen molar-refractivity contribution in [1.29, 1.82) is 0 Å². The molecule has 0 fully saturated rings. The average molecular weight is 495 g/mol. The highest BCUT2D eigenvalue weighted by molar-refractivity contribution is 6.42. The van der Waals surface area contributed by atoms with E-state index in [1.165, 1.54) is 12.1 Å². The number of aromatic nitrogens is 4. The summed E-state index contributed by atoms with van der Waals surface area (Å²) in [6.45, 7) is 1.79. The van der Waals surface area contributed by atoms with Crippen LogP contribution < -0.4 is 10.6 Å². The van der Waals surface area contributed by atoms with E-state index in [-0.39, 0.29) is 11.7 Å². The third-order valence-electron chi connectivity index (χ3n) is 5.38. The molecule has 1 amide bonds. The molecule has 1 atom stereocenters.